The number of carbonyl (C=O) groups excluding carboxylic acids is 2. The summed E-state index contributed by atoms with van der Waals surface area (Å²) in [5, 5.41) is 27.2. The van der Waals surface area contributed by atoms with Crippen LogP contribution in [0.25, 0.3) is 21.5 Å². The minimum absolute atomic E-state index is 0.0392. The van der Waals surface area contributed by atoms with E-state index in [0.29, 0.717) is 48.3 Å². The van der Waals surface area contributed by atoms with Gasteiger partial charge in [0.15, 0.2) is 11.6 Å². The van der Waals surface area contributed by atoms with Gasteiger partial charge in [-0.05, 0) is 63.3 Å². The summed E-state index contributed by atoms with van der Waals surface area (Å²) in [5.74, 6) is -0.126. The van der Waals surface area contributed by atoms with Gasteiger partial charge in [-0.25, -0.2) is 0 Å². The fourth-order valence-corrected chi connectivity index (χ4v) is 7.46. The van der Waals surface area contributed by atoms with Crippen molar-refractivity contribution in [2.75, 3.05) is 6.54 Å². The molecular formula is C43H46N2O4. The first-order valence-corrected chi connectivity index (χ1v) is 17.2. The van der Waals surface area contributed by atoms with Gasteiger partial charge in [-0.3, -0.25) is 19.6 Å². The van der Waals surface area contributed by atoms with Crippen LogP contribution in [0.5, 0.6) is 0 Å². The summed E-state index contributed by atoms with van der Waals surface area (Å²) in [6.07, 6.45) is 2.25. The summed E-state index contributed by atoms with van der Waals surface area (Å²) < 4.78 is 0. The van der Waals surface area contributed by atoms with E-state index in [1.54, 1.807) is 0 Å². The largest absolute Gasteiger partial charge is 0.511 e. The molecule has 0 aromatic heterocycles. The lowest BCUT2D eigenvalue weighted by Gasteiger charge is -2.32. The number of aliphatic hydroxyl groups excluding tert-OH is 2. The Morgan fingerprint density at radius 3 is 1.57 bits per heavy atom. The molecule has 2 aliphatic rings. The van der Waals surface area contributed by atoms with Crippen LogP contribution < -0.4 is 0 Å². The summed E-state index contributed by atoms with van der Waals surface area (Å²) in [4.78, 5) is 37.0. The lowest BCUT2D eigenvalue weighted by molar-refractivity contribution is -0.118. The van der Waals surface area contributed by atoms with E-state index < -0.39 is 0 Å². The summed E-state index contributed by atoms with van der Waals surface area (Å²) in [5.41, 5.74) is 3.13. The third-order valence-corrected chi connectivity index (χ3v) is 9.68. The molecule has 0 heterocycles. The number of carbonyl (C=O) groups is 2. The van der Waals surface area contributed by atoms with Crippen LogP contribution in [-0.4, -0.2) is 45.8 Å². The zero-order chi connectivity index (χ0) is 34.9. The molecule has 0 aliphatic heterocycles. The first kappa shape index (κ1) is 34.0. The first-order valence-electron chi connectivity index (χ1n) is 17.2. The smallest absolute Gasteiger partial charge is 0.168 e. The molecule has 0 amide bonds. The maximum Gasteiger partial charge on any atom is 0.168 e. The highest BCUT2D eigenvalue weighted by molar-refractivity contribution is 6.25. The fraction of sp³-hybridized carbons (Fsp3) is 0.349. The van der Waals surface area contributed by atoms with E-state index in [2.05, 4.69) is 13.8 Å². The van der Waals surface area contributed by atoms with Crippen molar-refractivity contribution in [2.45, 2.75) is 79.2 Å². The van der Waals surface area contributed by atoms with Gasteiger partial charge in [0.2, 0.25) is 0 Å². The summed E-state index contributed by atoms with van der Waals surface area (Å²) in [6.45, 7) is 10.4. The van der Waals surface area contributed by atoms with Gasteiger partial charge < -0.3 is 10.2 Å². The minimum Gasteiger partial charge on any atom is -0.511 e. The van der Waals surface area contributed by atoms with Gasteiger partial charge >= 0.3 is 0 Å². The van der Waals surface area contributed by atoms with Crippen LogP contribution in [0.3, 0.4) is 0 Å². The second-order valence-electron chi connectivity index (χ2n) is 15.4. The van der Waals surface area contributed by atoms with E-state index in [9.17, 15) is 19.8 Å². The molecule has 0 bridgehead atoms. The average Bonchev–Trinajstić information content (AvgIpc) is 3.02. The van der Waals surface area contributed by atoms with Crippen LogP contribution in [-0.2, 0) is 22.4 Å². The van der Waals surface area contributed by atoms with Gasteiger partial charge in [0.05, 0.1) is 23.7 Å². The van der Waals surface area contributed by atoms with Gasteiger partial charge in [-0.1, -0.05) is 113 Å². The van der Waals surface area contributed by atoms with Crippen molar-refractivity contribution in [3.8, 4) is 0 Å². The molecule has 6 nitrogen and oxygen atoms in total. The summed E-state index contributed by atoms with van der Waals surface area (Å²) >= 11 is 0. The number of nitrogens with zero attached hydrogens (tertiary/aromatic N) is 2. The highest BCUT2D eigenvalue weighted by Crippen LogP contribution is 2.38. The molecule has 252 valence electrons. The van der Waals surface area contributed by atoms with E-state index in [1.807, 2.05) is 106 Å². The number of benzene rings is 4. The van der Waals surface area contributed by atoms with E-state index in [4.69, 9.17) is 9.98 Å². The van der Waals surface area contributed by atoms with Gasteiger partial charge in [-0.15, -0.1) is 0 Å². The Morgan fingerprint density at radius 1 is 0.633 bits per heavy atom. The highest BCUT2D eigenvalue weighted by atomic mass is 16.3. The first-order chi connectivity index (χ1) is 23.3. The number of fused-ring (bicyclic) bond motifs is 2. The third kappa shape index (κ3) is 7.59. The zero-order valence-corrected chi connectivity index (χ0v) is 29.2. The van der Waals surface area contributed by atoms with Crippen molar-refractivity contribution in [1.82, 2.24) is 0 Å². The van der Waals surface area contributed by atoms with Crippen molar-refractivity contribution in [3.63, 3.8) is 0 Å². The number of Topliss-reactive ketones (excluding diaryl/α,β-unsaturated/α-hetero) is 2. The molecule has 1 unspecified atom stereocenters. The molecule has 6 heteroatoms. The number of hydrogen-bond acceptors (Lipinski definition) is 6. The molecule has 0 saturated heterocycles. The number of rotatable bonds is 7. The van der Waals surface area contributed by atoms with Crippen molar-refractivity contribution < 1.29 is 19.8 Å². The Bertz CT molecular complexity index is 2070. The molecule has 4 aromatic carbocycles. The molecule has 2 aliphatic carbocycles. The standard InChI is InChI=1S/C43H46N2O4/c1-27(45-35-23-43(4,5)25-39(49)41(35)37(47)21-31-17-11-15-29-13-7-9-19-33(29)31)26-44-34-22-42(2,3)24-38(48)40(34)36(46)20-30-16-10-14-28-12-6-8-18-32(28)30/h6-19,27,46-47H,20-26H2,1-5H3/b40-36+,41-37+,44-34?,45-35?. The van der Waals surface area contributed by atoms with Crippen LogP contribution in [0.15, 0.2) is 118 Å². The summed E-state index contributed by atoms with van der Waals surface area (Å²) in [7, 11) is 0. The van der Waals surface area contributed by atoms with E-state index in [-0.39, 0.29) is 59.3 Å². The minimum atomic E-state index is -0.328. The maximum atomic E-state index is 13.6. The van der Waals surface area contributed by atoms with Crippen LogP contribution >= 0.6 is 0 Å². The topological polar surface area (TPSA) is 99.3 Å². The molecule has 0 spiro atoms. The molecule has 49 heavy (non-hydrogen) atoms. The number of aliphatic hydroxyl groups is 2. The molecule has 0 radical (unpaired) electrons. The van der Waals surface area contributed by atoms with Crippen LogP contribution in [0.2, 0.25) is 0 Å². The van der Waals surface area contributed by atoms with Gasteiger partial charge in [0.1, 0.15) is 11.5 Å². The SMILES string of the molecule is CC(CN=C1CC(C)(C)CC(=O)/C1=C(/O)Cc1cccc2ccccc12)N=C1CC(C)(C)CC(=O)/C1=C(/O)Cc1cccc2ccccc12. The Morgan fingerprint density at radius 2 is 1.06 bits per heavy atom. The number of allylic oxidation sites excluding steroid dienone is 4. The molecule has 2 fully saturated rings. The monoisotopic (exact) mass is 654 g/mol. The second-order valence-corrected chi connectivity index (χ2v) is 15.4. The predicted molar refractivity (Wildman–Crippen MR) is 200 cm³/mol. The Labute approximate surface area is 289 Å². The number of ketones is 2. The third-order valence-electron chi connectivity index (χ3n) is 9.68. The number of aliphatic imine (C=N–C) groups is 2. The van der Waals surface area contributed by atoms with E-state index in [0.717, 1.165) is 32.7 Å². The lowest BCUT2D eigenvalue weighted by Crippen LogP contribution is -2.34. The van der Waals surface area contributed by atoms with Crippen LogP contribution in [0.4, 0.5) is 0 Å². The molecule has 2 N–H and O–H groups in total. The van der Waals surface area contributed by atoms with Crippen molar-refractivity contribution in [3.05, 3.63) is 119 Å². The highest BCUT2D eigenvalue weighted by Gasteiger charge is 2.38. The average molecular weight is 655 g/mol. The van der Waals surface area contributed by atoms with E-state index in [1.165, 1.54) is 0 Å². The molecule has 6 rings (SSSR count). The quantitative estimate of drug-likeness (QED) is 0.153. The zero-order valence-electron chi connectivity index (χ0n) is 29.2. The Balaban J connectivity index is 1.31. The Hall–Kier alpha value is -4.84. The summed E-state index contributed by atoms with van der Waals surface area (Å²) in [6, 6.07) is 27.7. The normalized spacial score (nSPS) is 22.1. The maximum absolute atomic E-state index is 13.6. The molecule has 4 aromatic rings. The van der Waals surface area contributed by atoms with Crippen LogP contribution in [0.1, 0.15) is 71.4 Å². The van der Waals surface area contributed by atoms with E-state index >= 15 is 0 Å². The van der Waals surface area contributed by atoms with Crippen LogP contribution in [0, 0.1) is 10.8 Å². The lowest BCUT2D eigenvalue weighted by atomic mass is 9.73. The second kappa shape index (κ2) is 13.6. The molecule has 1 atom stereocenters. The van der Waals surface area contributed by atoms with Crippen molar-refractivity contribution in [2.24, 2.45) is 20.8 Å². The van der Waals surface area contributed by atoms with Gasteiger partial charge in [-0.2, -0.15) is 0 Å². The van der Waals surface area contributed by atoms with Gasteiger partial charge in [0, 0.05) is 37.1 Å². The molecular weight excluding hydrogens is 608 g/mol. The fourth-order valence-electron chi connectivity index (χ4n) is 7.46. The van der Waals surface area contributed by atoms with Crippen molar-refractivity contribution >= 4 is 44.5 Å². The molecule has 2 saturated carbocycles. The predicted octanol–water partition coefficient (Wildman–Crippen LogP) is 9.45. The van der Waals surface area contributed by atoms with Gasteiger partial charge in [0.25, 0.3) is 0 Å². The van der Waals surface area contributed by atoms with Crippen molar-refractivity contribution in [1.29, 1.82) is 0 Å². The number of hydrogen-bond donors (Lipinski definition) is 2. The Kier molecular flexibility index (Phi) is 9.43.